The van der Waals surface area contributed by atoms with Gasteiger partial charge in [-0.3, -0.25) is 0 Å². The smallest absolute Gasteiger partial charge is 0.0858 e. The van der Waals surface area contributed by atoms with E-state index >= 15 is 0 Å². The molecule has 2 heteroatoms. The first kappa shape index (κ1) is 5.32. The van der Waals surface area contributed by atoms with Gasteiger partial charge in [0.15, 0.2) is 0 Å². The lowest BCUT2D eigenvalue weighted by atomic mass is 10.2. The van der Waals surface area contributed by atoms with E-state index in [1.165, 1.54) is 0 Å². The van der Waals surface area contributed by atoms with Crippen molar-refractivity contribution in [3.63, 3.8) is 0 Å². The Balaban J connectivity index is 2.74. The van der Waals surface area contributed by atoms with E-state index in [2.05, 4.69) is 5.73 Å². The van der Waals surface area contributed by atoms with E-state index in [1.54, 1.807) is 6.08 Å². The molecule has 0 unspecified atom stereocenters. The Morgan fingerprint density at radius 2 is 2.25 bits per heavy atom. The van der Waals surface area contributed by atoms with E-state index in [1.807, 2.05) is 12.2 Å². The first-order chi connectivity index (χ1) is 3.80. The molecule has 1 aliphatic carbocycles. The van der Waals surface area contributed by atoms with Crippen LogP contribution in [0.15, 0.2) is 29.5 Å². The van der Waals surface area contributed by atoms with Gasteiger partial charge in [0, 0.05) is 5.57 Å². The number of hydrogen-bond donors (Lipinski definition) is 2. The molecule has 0 aromatic rings. The van der Waals surface area contributed by atoms with Crippen LogP contribution in [-0.4, -0.2) is 6.17 Å². The normalized spacial score (nSPS) is 15.6. The molecule has 4 N–H and O–H groups in total. The molecule has 0 fully saturated rings. The predicted octanol–water partition coefficient (Wildman–Crippen LogP) is -0.119. The van der Waals surface area contributed by atoms with Crippen molar-refractivity contribution in [2.45, 2.75) is 6.17 Å². The Morgan fingerprint density at radius 1 is 1.50 bits per heavy atom. The highest BCUT2D eigenvalue weighted by molar-refractivity contribution is 5.31. The predicted molar refractivity (Wildman–Crippen MR) is 32.9 cm³/mol. The van der Waals surface area contributed by atoms with Crippen molar-refractivity contribution in [3.05, 3.63) is 29.5 Å². The van der Waals surface area contributed by atoms with Crippen molar-refractivity contribution < 1.29 is 0 Å². The summed E-state index contributed by atoms with van der Waals surface area (Å²) >= 11 is 0. The molecule has 2 nitrogen and oxygen atoms in total. The quantitative estimate of drug-likeness (QED) is 0.363. The minimum atomic E-state index is -0.370. The molecule has 0 aromatic heterocycles. The number of rotatable bonds is 1. The van der Waals surface area contributed by atoms with E-state index in [9.17, 15) is 0 Å². The summed E-state index contributed by atoms with van der Waals surface area (Å²) in [4.78, 5) is 0. The molecule has 0 bridgehead atoms. The third kappa shape index (κ3) is 0.873. The third-order valence-corrected chi connectivity index (χ3v) is 0.981. The fourth-order valence-corrected chi connectivity index (χ4v) is 0.552. The number of allylic oxidation sites excluding steroid dienone is 1. The van der Waals surface area contributed by atoms with Crippen LogP contribution in [-0.2, 0) is 0 Å². The molecule has 1 rings (SSSR count). The van der Waals surface area contributed by atoms with Gasteiger partial charge >= 0.3 is 0 Å². The molecule has 0 saturated heterocycles. The van der Waals surface area contributed by atoms with Crippen LogP contribution in [0.1, 0.15) is 0 Å². The van der Waals surface area contributed by atoms with Gasteiger partial charge in [-0.1, -0.05) is 6.08 Å². The van der Waals surface area contributed by atoms with E-state index in [0.29, 0.717) is 0 Å². The second-order valence-electron chi connectivity index (χ2n) is 1.65. The van der Waals surface area contributed by atoms with Crippen LogP contribution < -0.4 is 11.5 Å². The summed E-state index contributed by atoms with van der Waals surface area (Å²) in [5.74, 6) is 0. The molecule has 0 saturated carbocycles. The minimum Gasteiger partial charge on any atom is -0.312 e. The Kier molecular flexibility index (Phi) is 1.31. The zero-order valence-electron chi connectivity index (χ0n) is 4.46. The fourth-order valence-electron chi connectivity index (χ4n) is 0.552. The van der Waals surface area contributed by atoms with Crippen LogP contribution in [0.25, 0.3) is 0 Å². The highest BCUT2D eigenvalue weighted by atomic mass is 14.8. The summed E-state index contributed by atoms with van der Waals surface area (Å²) in [6, 6.07) is 0. The van der Waals surface area contributed by atoms with Crippen molar-refractivity contribution in [1.82, 2.24) is 0 Å². The van der Waals surface area contributed by atoms with Crippen molar-refractivity contribution in [1.29, 1.82) is 0 Å². The average Bonchev–Trinajstić information content (AvgIpc) is 2.12. The molecular formula is C6H8N2. The maximum absolute atomic E-state index is 5.30. The SMILES string of the molecule is NC(N)C1=C=CC=C1. The van der Waals surface area contributed by atoms with Gasteiger partial charge in [-0.05, 0) is 12.2 Å². The van der Waals surface area contributed by atoms with E-state index < -0.39 is 0 Å². The maximum atomic E-state index is 5.30. The number of nitrogens with two attached hydrogens (primary N) is 2. The zero-order valence-corrected chi connectivity index (χ0v) is 4.46. The molecule has 0 amide bonds. The Hall–Kier alpha value is -0.820. The van der Waals surface area contributed by atoms with Crippen LogP contribution >= 0.6 is 0 Å². The first-order valence-electron chi connectivity index (χ1n) is 2.45. The lowest BCUT2D eigenvalue weighted by molar-refractivity contribution is 0.843. The van der Waals surface area contributed by atoms with E-state index in [4.69, 9.17) is 11.5 Å². The monoisotopic (exact) mass is 108 g/mol. The van der Waals surface area contributed by atoms with Gasteiger partial charge in [0.2, 0.25) is 0 Å². The van der Waals surface area contributed by atoms with E-state index in [0.717, 1.165) is 5.57 Å². The van der Waals surface area contributed by atoms with Crippen LogP contribution in [0.2, 0.25) is 0 Å². The van der Waals surface area contributed by atoms with Gasteiger partial charge in [-0.25, -0.2) is 0 Å². The topological polar surface area (TPSA) is 52.0 Å². The standard InChI is InChI=1S/C6H8N2/c7-6(8)5-3-1-2-4-5/h1-3,6H,7-8H2. The summed E-state index contributed by atoms with van der Waals surface area (Å²) in [5.41, 5.74) is 14.4. The molecule has 42 valence electrons. The van der Waals surface area contributed by atoms with Crippen LogP contribution in [0, 0.1) is 0 Å². The van der Waals surface area contributed by atoms with Crippen molar-refractivity contribution in [2.75, 3.05) is 0 Å². The minimum absolute atomic E-state index is 0.370. The zero-order chi connectivity index (χ0) is 5.98. The lowest BCUT2D eigenvalue weighted by Crippen LogP contribution is -2.31. The molecule has 0 radical (unpaired) electrons. The molecule has 0 heterocycles. The Bertz CT molecular complexity index is 171. The van der Waals surface area contributed by atoms with Gasteiger partial charge in [0.05, 0.1) is 6.17 Å². The summed E-state index contributed by atoms with van der Waals surface area (Å²) in [7, 11) is 0. The highest BCUT2D eigenvalue weighted by Crippen LogP contribution is 2.00. The van der Waals surface area contributed by atoms with Gasteiger partial charge in [0.25, 0.3) is 0 Å². The van der Waals surface area contributed by atoms with Crippen LogP contribution in [0.4, 0.5) is 0 Å². The lowest BCUT2D eigenvalue weighted by Gasteiger charge is -1.98. The molecule has 0 aliphatic heterocycles. The summed E-state index contributed by atoms with van der Waals surface area (Å²) in [6.07, 6.45) is 5.14. The highest BCUT2D eigenvalue weighted by Gasteiger charge is 1.98. The van der Waals surface area contributed by atoms with Gasteiger partial charge in [-0.15, -0.1) is 5.73 Å². The molecule has 0 aromatic carbocycles. The molecule has 1 aliphatic rings. The Morgan fingerprint density at radius 3 is 2.50 bits per heavy atom. The van der Waals surface area contributed by atoms with Gasteiger partial charge in [-0.2, -0.15) is 0 Å². The van der Waals surface area contributed by atoms with Crippen LogP contribution in [0.3, 0.4) is 0 Å². The largest absolute Gasteiger partial charge is 0.312 e. The Labute approximate surface area is 48.2 Å². The van der Waals surface area contributed by atoms with Crippen LogP contribution in [0.5, 0.6) is 0 Å². The summed E-state index contributed by atoms with van der Waals surface area (Å²) < 4.78 is 0. The van der Waals surface area contributed by atoms with Crippen molar-refractivity contribution in [3.8, 4) is 0 Å². The molecule has 8 heavy (non-hydrogen) atoms. The molecule has 0 atom stereocenters. The molecular weight excluding hydrogens is 100 g/mol. The summed E-state index contributed by atoms with van der Waals surface area (Å²) in [6.45, 7) is 0. The average molecular weight is 108 g/mol. The van der Waals surface area contributed by atoms with Gasteiger partial charge < -0.3 is 11.5 Å². The third-order valence-electron chi connectivity index (χ3n) is 0.981. The summed E-state index contributed by atoms with van der Waals surface area (Å²) in [5, 5.41) is 0. The van der Waals surface area contributed by atoms with Crippen molar-refractivity contribution in [2.24, 2.45) is 11.5 Å². The van der Waals surface area contributed by atoms with Gasteiger partial charge in [0.1, 0.15) is 0 Å². The first-order valence-corrected chi connectivity index (χ1v) is 2.45. The molecule has 0 spiro atoms. The number of hydrogen-bond acceptors (Lipinski definition) is 2. The second kappa shape index (κ2) is 1.97. The second-order valence-corrected chi connectivity index (χ2v) is 1.65. The van der Waals surface area contributed by atoms with E-state index in [-0.39, 0.29) is 6.17 Å². The maximum Gasteiger partial charge on any atom is 0.0858 e. The fraction of sp³-hybridized carbons (Fsp3) is 0.167. The van der Waals surface area contributed by atoms with Crippen molar-refractivity contribution >= 4 is 0 Å².